The molecule has 3 aromatic rings. The topological polar surface area (TPSA) is 83.3 Å². The molecular weight excluding hydrogens is 426 g/mol. The highest BCUT2D eigenvalue weighted by Crippen LogP contribution is 2.25. The van der Waals surface area contributed by atoms with Crippen molar-refractivity contribution in [3.63, 3.8) is 0 Å². The summed E-state index contributed by atoms with van der Waals surface area (Å²) in [6, 6.07) is 14.1. The zero-order valence-corrected chi connectivity index (χ0v) is 18.1. The maximum absolute atomic E-state index is 12.1. The van der Waals surface area contributed by atoms with E-state index in [-0.39, 0.29) is 18.3 Å². The van der Waals surface area contributed by atoms with E-state index >= 15 is 0 Å². The summed E-state index contributed by atoms with van der Waals surface area (Å²) < 4.78 is 11.9. The van der Waals surface area contributed by atoms with Crippen molar-refractivity contribution in [2.24, 2.45) is 0 Å². The molecule has 7 nitrogen and oxygen atoms in total. The maximum atomic E-state index is 12.1. The molecule has 0 bridgehead atoms. The van der Waals surface area contributed by atoms with Crippen LogP contribution in [0, 0.1) is 0 Å². The van der Waals surface area contributed by atoms with E-state index in [0.29, 0.717) is 22.3 Å². The summed E-state index contributed by atoms with van der Waals surface area (Å²) in [6.07, 6.45) is 0. The van der Waals surface area contributed by atoms with Gasteiger partial charge in [0.1, 0.15) is 6.61 Å². The first-order chi connectivity index (χ1) is 14.5. The van der Waals surface area contributed by atoms with Gasteiger partial charge in [0.05, 0.1) is 18.4 Å². The molecule has 0 unspecified atom stereocenters. The molecule has 0 aliphatic heterocycles. The highest BCUT2D eigenvalue weighted by Gasteiger charge is 2.15. The van der Waals surface area contributed by atoms with Gasteiger partial charge in [-0.2, -0.15) is 0 Å². The maximum Gasteiger partial charge on any atom is 0.337 e. The summed E-state index contributed by atoms with van der Waals surface area (Å²) in [7, 11) is 1.33. The van der Waals surface area contributed by atoms with Crippen molar-refractivity contribution >= 4 is 35.3 Å². The van der Waals surface area contributed by atoms with E-state index in [1.807, 2.05) is 23.6 Å². The number of aromatic nitrogens is 3. The first kappa shape index (κ1) is 21.9. The number of benzene rings is 2. The third kappa shape index (κ3) is 5.40. The van der Waals surface area contributed by atoms with Crippen LogP contribution >= 0.6 is 23.4 Å². The van der Waals surface area contributed by atoms with Gasteiger partial charge >= 0.3 is 11.9 Å². The minimum Gasteiger partial charge on any atom is -0.465 e. The number of hydrogen-bond acceptors (Lipinski definition) is 7. The average molecular weight is 446 g/mol. The van der Waals surface area contributed by atoms with E-state index in [1.165, 1.54) is 18.9 Å². The highest BCUT2D eigenvalue weighted by molar-refractivity contribution is 7.99. The number of halogens is 1. The molecule has 1 heterocycles. The zero-order chi connectivity index (χ0) is 21.5. The normalized spacial score (nSPS) is 10.6. The molecule has 0 saturated heterocycles. The van der Waals surface area contributed by atoms with Crippen LogP contribution in [-0.4, -0.2) is 39.6 Å². The van der Waals surface area contributed by atoms with Crippen LogP contribution in [0.5, 0.6) is 0 Å². The van der Waals surface area contributed by atoms with Gasteiger partial charge in [-0.25, -0.2) is 4.79 Å². The van der Waals surface area contributed by atoms with E-state index in [0.717, 1.165) is 17.0 Å². The summed E-state index contributed by atoms with van der Waals surface area (Å²) in [5.74, 6) is 0.0540. The molecular formula is C21H20ClN3O4S. The van der Waals surface area contributed by atoms with Crippen LogP contribution in [0.15, 0.2) is 53.7 Å². The molecule has 1 aromatic heterocycles. The smallest absolute Gasteiger partial charge is 0.337 e. The third-order valence-corrected chi connectivity index (χ3v) is 5.42. The summed E-state index contributed by atoms with van der Waals surface area (Å²) in [6.45, 7) is 2.77. The second kappa shape index (κ2) is 10.3. The monoisotopic (exact) mass is 445 g/mol. The lowest BCUT2D eigenvalue weighted by atomic mass is 10.1. The SMILES string of the molecule is CCn1c(SCC(=O)OCc2ccc(C(=O)OC)cc2)nnc1-c1ccc(Cl)cc1. The number of esters is 2. The van der Waals surface area contributed by atoms with E-state index in [9.17, 15) is 9.59 Å². The molecule has 0 aliphatic rings. The molecule has 0 saturated carbocycles. The number of thioether (sulfide) groups is 1. The van der Waals surface area contributed by atoms with E-state index < -0.39 is 5.97 Å². The molecule has 3 rings (SSSR count). The standard InChI is InChI=1S/C21H20ClN3O4S/c1-3-25-19(15-8-10-17(22)11-9-15)23-24-21(25)30-13-18(26)29-12-14-4-6-16(7-5-14)20(27)28-2/h4-11H,3,12-13H2,1-2H3. The quantitative estimate of drug-likeness (QED) is 0.378. The predicted molar refractivity (Wildman–Crippen MR) is 114 cm³/mol. The molecule has 0 radical (unpaired) electrons. The lowest BCUT2D eigenvalue weighted by Crippen LogP contribution is -2.09. The second-order valence-electron chi connectivity index (χ2n) is 6.20. The lowest BCUT2D eigenvalue weighted by Gasteiger charge is -2.08. The van der Waals surface area contributed by atoms with Crippen LogP contribution in [0.4, 0.5) is 0 Å². The molecule has 0 atom stereocenters. The fourth-order valence-corrected chi connectivity index (χ4v) is 3.60. The van der Waals surface area contributed by atoms with Gasteiger partial charge in [0, 0.05) is 17.1 Å². The Balaban J connectivity index is 1.56. The van der Waals surface area contributed by atoms with Crippen LogP contribution in [0.2, 0.25) is 5.02 Å². The van der Waals surface area contributed by atoms with Gasteiger partial charge < -0.3 is 14.0 Å². The second-order valence-corrected chi connectivity index (χ2v) is 7.57. The Hall–Kier alpha value is -2.84. The van der Waals surface area contributed by atoms with Crippen molar-refractivity contribution in [2.45, 2.75) is 25.2 Å². The van der Waals surface area contributed by atoms with E-state index in [2.05, 4.69) is 14.9 Å². The van der Waals surface area contributed by atoms with Gasteiger partial charge in [-0.1, -0.05) is 35.5 Å². The number of carbonyl (C=O) groups excluding carboxylic acids is 2. The largest absolute Gasteiger partial charge is 0.465 e. The van der Waals surface area contributed by atoms with Gasteiger partial charge in [-0.3, -0.25) is 4.79 Å². The Labute approximate surface area is 183 Å². The Morgan fingerprint density at radius 1 is 1.07 bits per heavy atom. The van der Waals surface area contributed by atoms with Crippen molar-refractivity contribution in [1.82, 2.24) is 14.8 Å². The third-order valence-electron chi connectivity index (χ3n) is 4.23. The van der Waals surface area contributed by atoms with Crippen molar-refractivity contribution in [2.75, 3.05) is 12.9 Å². The van der Waals surface area contributed by atoms with Crippen LogP contribution in [0.25, 0.3) is 11.4 Å². The van der Waals surface area contributed by atoms with Gasteiger partial charge in [0.2, 0.25) is 0 Å². The van der Waals surface area contributed by atoms with Crippen LogP contribution < -0.4 is 0 Å². The molecule has 30 heavy (non-hydrogen) atoms. The summed E-state index contributed by atoms with van der Waals surface area (Å²) in [5, 5.41) is 9.74. The minimum atomic E-state index is -0.409. The van der Waals surface area contributed by atoms with Gasteiger partial charge in [-0.15, -0.1) is 10.2 Å². The predicted octanol–water partition coefficient (Wildman–Crippen LogP) is 4.24. The Morgan fingerprint density at radius 2 is 1.77 bits per heavy atom. The van der Waals surface area contributed by atoms with Crippen LogP contribution in [0.3, 0.4) is 0 Å². The number of nitrogens with zero attached hydrogens (tertiary/aromatic N) is 3. The number of hydrogen-bond donors (Lipinski definition) is 0. The number of methoxy groups -OCH3 is 1. The molecule has 0 fully saturated rings. The van der Waals surface area contributed by atoms with E-state index in [4.69, 9.17) is 16.3 Å². The fraction of sp³-hybridized carbons (Fsp3) is 0.238. The van der Waals surface area contributed by atoms with Gasteiger partial charge in [0.15, 0.2) is 11.0 Å². The molecule has 0 spiro atoms. The Morgan fingerprint density at radius 3 is 2.40 bits per heavy atom. The van der Waals surface area contributed by atoms with Crippen molar-refractivity contribution in [1.29, 1.82) is 0 Å². The Bertz CT molecular complexity index is 1020. The van der Waals surface area contributed by atoms with Crippen LogP contribution in [0.1, 0.15) is 22.8 Å². The van der Waals surface area contributed by atoms with Crippen LogP contribution in [-0.2, 0) is 27.4 Å². The molecule has 9 heteroatoms. The molecule has 156 valence electrons. The number of rotatable bonds is 8. The van der Waals surface area contributed by atoms with Gasteiger partial charge in [-0.05, 0) is 48.9 Å². The summed E-state index contributed by atoms with van der Waals surface area (Å²) in [5.41, 5.74) is 2.12. The molecule has 0 aliphatic carbocycles. The molecule has 0 N–H and O–H groups in total. The molecule has 0 amide bonds. The van der Waals surface area contributed by atoms with Crippen molar-refractivity contribution < 1.29 is 19.1 Å². The average Bonchev–Trinajstić information content (AvgIpc) is 3.19. The highest BCUT2D eigenvalue weighted by atomic mass is 35.5. The first-order valence-corrected chi connectivity index (χ1v) is 10.5. The zero-order valence-electron chi connectivity index (χ0n) is 16.5. The lowest BCUT2D eigenvalue weighted by molar-refractivity contribution is -0.141. The minimum absolute atomic E-state index is 0.110. The van der Waals surface area contributed by atoms with Crippen molar-refractivity contribution in [3.05, 3.63) is 64.7 Å². The Kier molecular flexibility index (Phi) is 7.48. The fourth-order valence-electron chi connectivity index (χ4n) is 2.68. The van der Waals surface area contributed by atoms with Gasteiger partial charge in [0.25, 0.3) is 0 Å². The summed E-state index contributed by atoms with van der Waals surface area (Å²) >= 11 is 7.22. The first-order valence-electron chi connectivity index (χ1n) is 9.16. The van der Waals surface area contributed by atoms with Crippen molar-refractivity contribution in [3.8, 4) is 11.4 Å². The molecule has 2 aromatic carbocycles. The number of carbonyl (C=O) groups is 2. The summed E-state index contributed by atoms with van der Waals surface area (Å²) in [4.78, 5) is 23.6. The van der Waals surface area contributed by atoms with E-state index in [1.54, 1.807) is 36.4 Å². The number of ether oxygens (including phenoxy) is 2.